The number of amides is 2. The van der Waals surface area contributed by atoms with Gasteiger partial charge in [0.05, 0.1) is 18.1 Å². The maximum atomic E-state index is 12.5. The summed E-state index contributed by atoms with van der Waals surface area (Å²) in [6.45, 7) is 0.807. The number of rotatable bonds is 7. The molecule has 3 rings (SSSR count). The Hall–Kier alpha value is -2.95. The number of methoxy groups -OCH3 is 1. The molecule has 30 heavy (non-hydrogen) atoms. The van der Waals surface area contributed by atoms with Gasteiger partial charge in [-0.25, -0.2) is 13.1 Å². The first-order chi connectivity index (χ1) is 14.4. The molecule has 1 aliphatic heterocycles. The maximum Gasteiger partial charge on any atom is 0.269 e. The molecule has 0 bridgehead atoms. The van der Waals surface area contributed by atoms with Crippen molar-refractivity contribution >= 4 is 21.8 Å². The van der Waals surface area contributed by atoms with Gasteiger partial charge in [-0.1, -0.05) is 6.07 Å². The molecule has 10 heteroatoms. The summed E-state index contributed by atoms with van der Waals surface area (Å²) < 4.78 is 37.9. The average Bonchev–Trinajstić information content (AvgIpc) is 3.30. The van der Waals surface area contributed by atoms with Crippen LogP contribution in [0.1, 0.15) is 33.6 Å². The summed E-state index contributed by atoms with van der Waals surface area (Å²) in [4.78, 5) is 24.4. The molecular formula is C20H23N3O6S. The van der Waals surface area contributed by atoms with Gasteiger partial charge < -0.3 is 9.47 Å². The predicted molar refractivity (Wildman–Crippen MR) is 109 cm³/mol. The lowest BCUT2D eigenvalue weighted by molar-refractivity contribution is 0.0846. The van der Waals surface area contributed by atoms with Crippen LogP contribution in [0.4, 0.5) is 0 Å². The molecule has 0 aromatic heterocycles. The molecule has 2 amide bonds. The number of sulfonamides is 1. The zero-order valence-electron chi connectivity index (χ0n) is 16.4. The fourth-order valence-corrected chi connectivity index (χ4v) is 4.01. The molecule has 9 nitrogen and oxygen atoms in total. The van der Waals surface area contributed by atoms with Crippen molar-refractivity contribution < 1.29 is 27.5 Å². The molecular weight excluding hydrogens is 410 g/mol. The third-order valence-corrected chi connectivity index (χ3v) is 5.99. The molecule has 160 valence electrons. The van der Waals surface area contributed by atoms with Crippen molar-refractivity contribution in [3.63, 3.8) is 0 Å². The number of ether oxygens (including phenoxy) is 2. The Labute approximate surface area is 174 Å². The van der Waals surface area contributed by atoms with E-state index >= 15 is 0 Å². The lowest BCUT2D eigenvalue weighted by atomic mass is 10.2. The van der Waals surface area contributed by atoms with Gasteiger partial charge in [-0.05, 0) is 55.3 Å². The second-order valence-corrected chi connectivity index (χ2v) is 8.42. The number of nitrogens with one attached hydrogen (secondary N) is 3. The fraction of sp³-hybridized carbons (Fsp3) is 0.300. The third kappa shape index (κ3) is 5.56. The summed E-state index contributed by atoms with van der Waals surface area (Å²) in [6.07, 6.45) is 1.57. The van der Waals surface area contributed by atoms with Crippen LogP contribution in [0.15, 0.2) is 53.4 Å². The number of benzene rings is 2. The van der Waals surface area contributed by atoms with E-state index in [2.05, 4.69) is 15.6 Å². The first kappa shape index (κ1) is 21.8. The van der Waals surface area contributed by atoms with E-state index in [-0.39, 0.29) is 23.1 Å². The molecule has 0 spiro atoms. The second-order valence-electron chi connectivity index (χ2n) is 6.65. The lowest BCUT2D eigenvalue weighted by Gasteiger charge is -2.12. The zero-order chi connectivity index (χ0) is 21.6. The van der Waals surface area contributed by atoms with Crippen molar-refractivity contribution in [1.82, 2.24) is 15.6 Å². The van der Waals surface area contributed by atoms with E-state index in [1.165, 1.54) is 31.4 Å². The first-order valence-corrected chi connectivity index (χ1v) is 10.8. The number of hydrogen-bond acceptors (Lipinski definition) is 6. The molecule has 1 aliphatic rings. The first-order valence-electron chi connectivity index (χ1n) is 9.35. The van der Waals surface area contributed by atoms with E-state index in [1.807, 2.05) is 0 Å². The minimum Gasteiger partial charge on any atom is -0.497 e. The summed E-state index contributed by atoms with van der Waals surface area (Å²) in [5.41, 5.74) is 4.98. The highest BCUT2D eigenvalue weighted by molar-refractivity contribution is 7.89. The molecule has 1 saturated heterocycles. The highest BCUT2D eigenvalue weighted by atomic mass is 32.2. The van der Waals surface area contributed by atoms with Gasteiger partial charge in [0.25, 0.3) is 11.8 Å². The lowest BCUT2D eigenvalue weighted by Crippen LogP contribution is -2.41. The van der Waals surface area contributed by atoms with Crippen LogP contribution in [0.25, 0.3) is 0 Å². The average molecular weight is 433 g/mol. The van der Waals surface area contributed by atoms with Gasteiger partial charge in [-0.15, -0.1) is 0 Å². The predicted octanol–water partition coefficient (Wildman–Crippen LogP) is 1.23. The van der Waals surface area contributed by atoms with Crippen LogP contribution in [0.3, 0.4) is 0 Å². The molecule has 0 saturated carbocycles. The SMILES string of the molecule is COc1ccc(C(=O)NNC(=O)c2cccc(S(=O)(=O)NCC3CCCO3)c2)cc1. The Morgan fingerprint density at radius 1 is 1.07 bits per heavy atom. The van der Waals surface area contributed by atoms with Crippen molar-refractivity contribution in [2.75, 3.05) is 20.3 Å². The number of hydrazine groups is 1. The smallest absolute Gasteiger partial charge is 0.269 e. The van der Waals surface area contributed by atoms with E-state index in [4.69, 9.17) is 9.47 Å². The maximum absolute atomic E-state index is 12.5. The minimum absolute atomic E-state index is 0.0466. The van der Waals surface area contributed by atoms with Crippen LogP contribution >= 0.6 is 0 Å². The Kier molecular flexibility index (Phi) is 7.03. The molecule has 1 atom stereocenters. The fourth-order valence-electron chi connectivity index (χ4n) is 2.90. The van der Waals surface area contributed by atoms with E-state index in [0.717, 1.165) is 12.8 Å². The van der Waals surface area contributed by atoms with Gasteiger partial charge in [-0.3, -0.25) is 20.4 Å². The topological polar surface area (TPSA) is 123 Å². The Bertz CT molecular complexity index is 1000. The van der Waals surface area contributed by atoms with E-state index in [0.29, 0.717) is 17.9 Å². The number of carbonyl (C=O) groups excluding carboxylic acids is 2. The zero-order valence-corrected chi connectivity index (χ0v) is 17.2. The van der Waals surface area contributed by atoms with E-state index in [1.54, 1.807) is 24.3 Å². The summed E-state index contributed by atoms with van der Waals surface area (Å²) >= 11 is 0. The molecule has 2 aromatic rings. The summed E-state index contributed by atoms with van der Waals surface area (Å²) in [6, 6.07) is 11.9. The van der Waals surface area contributed by atoms with Gasteiger partial charge >= 0.3 is 0 Å². The molecule has 1 fully saturated rings. The molecule has 3 N–H and O–H groups in total. The molecule has 1 unspecified atom stereocenters. The highest BCUT2D eigenvalue weighted by Gasteiger charge is 2.21. The Balaban J connectivity index is 1.59. The van der Waals surface area contributed by atoms with Crippen molar-refractivity contribution in [3.8, 4) is 5.75 Å². The third-order valence-electron chi connectivity index (χ3n) is 4.57. The summed E-state index contributed by atoms with van der Waals surface area (Å²) in [5.74, 6) is -0.567. The van der Waals surface area contributed by atoms with Crippen LogP contribution in [-0.2, 0) is 14.8 Å². The quantitative estimate of drug-likeness (QED) is 0.565. The summed E-state index contributed by atoms with van der Waals surface area (Å²) in [7, 11) is -2.28. The molecule has 1 heterocycles. The van der Waals surface area contributed by atoms with Gasteiger partial charge in [0.1, 0.15) is 5.75 Å². The van der Waals surface area contributed by atoms with Crippen LogP contribution in [0.5, 0.6) is 5.75 Å². The molecule has 0 radical (unpaired) electrons. The molecule has 2 aromatic carbocycles. The van der Waals surface area contributed by atoms with Crippen molar-refractivity contribution in [2.45, 2.75) is 23.8 Å². The molecule has 0 aliphatic carbocycles. The van der Waals surface area contributed by atoms with Crippen molar-refractivity contribution in [3.05, 3.63) is 59.7 Å². The normalized spacial score (nSPS) is 16.1. The van der Waals surface area contributed by atoms with Crippen LogP contribution in [-0.4, -0.2) is 46.6 Å². The van der Waals surface area contributed by atoms with Gasteiger partial charge in [-0.2, -0.15) is 0 Å². The van der Waals surface area contributed by atoms with Gasteiger partial charge in [0.15, 0.2) is 0 Å². The number of carbonyl (C=O) groups is 2. The number of hydrogen-bond donors (Lipinski definition) is 3. The van der Waals surface area contributed by atoms with Gasteiger partial charge in [0, 0.05) is 24.3 Å². The van der Waals surface area contributed by atoms with Crippen LogP contribution in [0.2, 0.25) is 0 Å². The Morgan fingerprint density at radius 3 is 2.40 bits per heavy atom. The van der Waals surface area contributed by atoms with Gasteiger partial charge in [0.2, 0.25) is 10.0 Å². The minimum atomic E-state index is -3.79. The Morgan fingerprint density at radius 2 is 1.77 bits per heavy atom. The standard InChI is InChI=1S/C20H23N3O6S/c1-28-16-9-7-14(8-10-16)19(24)22-23-20(25)15-4-2-6-18(12-15)30(26,27)21-13-17-5-3-11-29-17/h2,4,6-10,12,17,21H,3,5,11,13H2,1H3,(H,22,24)(H,23,25). The van der Waals surface area contributed by atoms with Crippen molar-refractivity contribution in [2.24, 2.45) is 0 Å². The van der Waals surface area contributed by atoms with E-state index < -0.39 is 21.8 Å². The van der Waals surface area contributed by atoms with Crippen molar-refractivity contribution in [1.29, 1.82) is 0 Å². The van der Waals surface area contributed by atoms with E-state index in [9.17, 15) is 18.0 Å². The highest BCUT2D eigenvalue weighted by Crippen LogP contribution is 2.15. The summed E-state index contributed by atoms with van der Waals surface area (Å²) in [5, 5.41) is 0. The largest absolute Gasteiger partial charge is 0.497 e. The second kappa shape index (κ2) is 9.70. The van der Waals surface area contributed by atoms with Crippen LogP contribution < -0.4 is 20.3 Å². The van der Waals surface area contributed by atoms with Crippen LogP contribution in [0, 0.1) is 0 Å². The monoisotopic (exact) mass is 433 g/mol.